The predicted molar refractivity (Wildman–Crippen MR) is 118 cm³/mol. The third-order valence-electron chi connectivity index (χ3n) is 4.49. The van der Waals surface area contributed by atoms with E-state index in [-0.39, 0.29) is 29.9 Å². The van der Waals surface area contributed by atoms with Crippen LogP contribution in [0.4, 0.5) is 11.7 Å². The Morgan fingerprint density at radius 2 is 1.87 bits per heavy atom. The molecule has 0 aliphatic carbocycles. The molecule has 31 heavy (non-hydrogen) atoms. The number of rotatable bonds is 6. The lowest BCUT2D eigenvalue weighted by Crippen LogP contribution is -2.14. The maximum atomic E-state index is 12.7. The average Bonchev–Trinajstić information content (AvgIpc) is 3.18. The third kappa shape index (κ3) is 4.65. The molecular weight excluding hydrogens is 418 g/mol. The van der Waals surface area contributed by atoms with Crippen molar-refractivity contribution in [1.29, 1.82) is 0 Å². The van der Waals surface area contributed by atoms with Gasteiger partial charge in [-0.25, -0.2) is 9.97 Å². The minimum atomic E-state index is -0.283. The van der Waals surface area contributed by atoms with E-state index >= 15 is 0 Å². The molecule has 4 rings (SSSR count). The van der Waals surface area contributed by atoms with E-state index in [0.717, 1.165) is 11.1 Å². The molecule has 2 heterocycles. The van der Waals surface area contributed by atoms with E-state index in [1.54, 1.807) is 49.6 Å². The molecule has 0 spiro atoms. The number of nitrogen functional groups attached to an aromatic ring is 1. The SMILES string of the molecule is COc1ccc(CC(=O)Nc2onc(-c3ccc(Cl)cc3)c2-c2nccc(N)n2)cc1. The van der Waals surface area contributed by atoms with Crippen LogP contribution in [0.1, 0.15) is 5.56 Å². The number of aromatic nitrogens is 3. The molecule has 156 valence electrons. The fraction of sp³-hybridized carbons (Fsp3) is 0.0909. The first-order valence-electron chi connectivity index (χ1n) is 9.31. The van der Waals surface area contributed by atoms with E-state index in [4.69, 9.17) is 26.6 Å². The van der Waals surface area contributed by atoms with Gasteiger partial charge in [0.05, 0.1) is 13.5 Å². The monoisotopic (exact) mass is 435 g/mol. The van der Waals surface area contributed by atoms with E-state index in [0.29, 0.717) is 22.0 Å². The summed E-state index contributed by atoms with van der Waals surface area (Å²) in [6, 6.07) is 15.8. The van der Waals surface area contributed by atoms with Crippen molar-refractivity contribution in [3.8, 4) is 28.4 Å². The number of ether oxygens (including phenoxy) is 1. The van der Waals surface area contributed by atoms with Crippen LogP contribution in [0.2, 0.25) is 5.02 Å². The summed E-state index contributed by atoms with van der Waals surface area (Å²) in [7, 11) is 1.59. The Labute approximate surface area is 183 Å². The molecule has 0 saturated carbocycles. The van der Waals surface area contributed by atoms with Crippen molar-refractivity contribution in [2.75, 3.05) is 18.2 Å². The number of carbonyl (C=O) groups excluding carboxylic acids is 1. The average molecular weight is 436 g/mol. The number of anilines is 2. The largest absolute Gasteiger partial charge is 0.497 e. The van der Waals surface area contributed by atoms with Crippen molar-refractivity contribution >= 4 is 29.2 Å². The second kappa shape index (κ2) is 8.85. The minimum Gasteiger partial charge on any atom is -0.497 e. The first kappa shape index (κ1) is 20.4. The molecular formula is C22H18ClN5O3. The van der Waals surface area contributed by atoms with E-state index in [2.05, 4.69) is 20.4 Å². The van der Waals surface area contributed by atoms with Crippen molar-refractivity contribution < 1.29 is 14.1 Å². The second-order valence-electron chi connectivity index (χ2n) is 6.62. The molecule has 3 N–H and O–H groups in total. The van der Waals surface area contributed by atoms with Gasteiger partial charge in [-0.3, -0.25) is 10.1 Å². The molecule has 2 aromatic heterocycles. The van der Waals surface area contributed by atoms with Crippen LogP contribution in [0, 0.1) is 0 Å². The summed E-state index contributed by atoms with van der Waals surface area (Å²) in [5.41, 5.74) is 8.27. The van der Waals surface area contributed by atoms with Crippen molar-refractivity contribution in [3.05, 3.63) is 71.4 Å². The smallest absolute Gasteiger partial charge is 0.243 e. The zero-order chi connectivity index (χ0) is 21.8. The summed E-state index contributed by atoms with van der Waals surface area (Å²) in [5.74, 6) is 1.13. The highest BCUT2D eigenvalue weighted by Crippen LogP contribution is 2.36. The van der Waals surface area contributed by atoms with Gasteiger partial charge < -0.3 is 15.0 Å². The molecule has 8 nitrogen and oxygen atoms in total. The number of methoxy groups -OCH3 is 1. The number of benzene rings is 2. The van der Waals surface area contributed by atoms with Crippen LogP contribution >= 0.6 is 11.6 Å². The Kier molecular flexibility index (Phi) is 5.81. The van der Waals surface area contributed by atoms with Crippen molar-refractivity contribution in [1.82, 2.24) is 15.1 Å². The molecule has 4 aromatic rings. The highest BCUT2D eigenvalue weighted by Gasteiger charge is 2.23. The number of nitrogens with zero attached hydrogens (tertiary/aromatic N) is 3. The fourth-order valence-electron chi connectivity index (χ4n) is 2.98. The van der Waals surface area contributed by atoms with Crippen LogP contribution in [0.15, 0.2) is 65.3 Å². The maximum Gasteiger partial charge on any atom is 0.243 e. The van der Waals surface area contributed by atoms with Gasteiger partial charge in [0.1, 0.15) is 22.8 Å². The number of nitrogens with two attached hydrogens (primary N) is 1. The van der Waals surface area contributed by atoms with Gasteiger partial charge in [-0.2, -0.15) is 0 Å². The quantitative estimate of drug-likeness (QED) is 0.465. The molecule has 9 heteroatoms. The summed E-state index contributed by atoms with van der Waals surface area (Å²) in [6.07, 6.45) is 1.66. The van der Waals surface area contributed by atoms with Gasteiger partial charge in [0.2, 0.25) is 11.8 Å². The van der Waals surface area contributed by atoms with E-state index < -0.39 is 0 Å². The van der Waals surface area contributed by atoms with Gasteiger partial charge in [0.25, 0.3) is 0 Å². The van der Waals surface area contributed by atoms with Crippen molar-refractivity contribution in [3.63, 3.8) is 0 Å². The number of hydrogen-bond donors (Lipinski definition) is 2. The number of hydrogen-bond acceptors (Lipinski definition) is 7. The maximum absolute atomic E-state index is 12.7. The molecule has 0 aliphatic rings. The normalized spacial score (nSPS) is 10.6. The molecule has 0 unspecified atom stereocenters. The Morgan fingerprint density at radius 3 is 2.55 bits per heavy atom. The summed E-state index contributed by atoms with van der Waals surface area (Å²) in [4.78, 5) is 21.2. The molecule has 0 bridgehead atoms. The molecule has 1 amide bonds. The third-order valence-corrected chi connectivity index (χ3v) is 4.74. The van der Waals surface area contributed by atoms with Gasteiger partial charge in [-0.1, -0.05) is 41.0 Å². The first-order valence-corrected chi connectivity index (χ1v) is 9.68. The molecule has 0 saturated heterocycles. The van der Waals surface area contributed by atoms with Gasteiger partial charge >= 0.3 is 0 Å². The summed E-state index contributed by atoms with van der Waals surface area (Å²) in [6.45, 7) is 0. The van der Waals surface area contributed by atoms with Crippen LogP contribution in [0.3, 0.4) is 0 Å². The predicted octanol–water partition coefficient (Wildman–Crippen LogP) is 4.22. The van der Waals surface area contributed by atoms with E-state index in [1.807, 2.05) is 12.1 Å². The van der Waals surface area contributed by atoms with Crippen molar-refractivity contribution in [2.45, 2.75) is 6.42 Å². The lowest BCUT2D eigenvalue weighted by Gasteiger charge is -2.06. The second-order valence-corrected chi connectivity index (χ2v) is 7.06. The standard InChI is InChI=1S/C22H18ClN5O3/c1-30-16-8-2-13(3-9-16)12-18(29)27-22-19(21-25-11-10-17(24)26-21)20(28-31-22)14-4-6-15(23)7-5-14/h2-11H,12H2,1H3,(H,27,29)(H2,24,25,26). The fourth-order valence-corrected chi connectivity index (χ4v) is 3.11. The zero-order valence-corrected chi connectivity index (χ0v) is 17.3. The van der Waals surface area contributed by atoms with Crippen LogP contribution < -0.4 is 15.8 Å². The Hall–Kier alpha value is -3.91. The van der Waals surface area contributed by atoms with Crippen molar-refractivity contribution in [2.24, 2.45) is 0 Å². The van der Waals surface area contributed by atoms with Crippen LogP contribution in [0.5, 0.6) is 5.75 Å². The molecule has 2 aromatic carbocycles. The number of nitrogens with one attached hydrogen (secondary N) is 1. The van der Waals surface area contributed by atoms with Gasteiger partial charge in [-0.05, 0) is 35.9 Å². The summed E-state index contributed by atoms with van der Waals surface area (Å²) >= 11 is 6.00. The zero-order valence-electron chi connectivity index (χ0n) is 16.5. The summed E-state index contributed by atoms with van der Waals surface area (Å²) in [5, 5.41) is 7.48. The minimum absolute atomic E-state index is 0.133. The number of carbonyl (C=O) groups is 1. The van der Waals surface area contributed by atoms with Crippen LogP contribution in [-0.2, 0) is 11.2 Å². The Morgan fingerprint density at radius 1 is 1.13 bits per heavy atom. The van der Waals surface area contributed by atoms with Gasteiger partial charge in [-0.15, -0.1) is 0 Å². The van der Waals surface area contributed by atoms with E-state index in [9.17, 15) is 4.79 Å². The van der Waals surface area contributed by atoms with Crippen LogP contribution in [0.25, 0.3) is 22.6 Å². The summed E-state index contributed by atoms with van der Waals surface area (Å²) < 4.78 is 10.6. The topological polar surface area (TPSA) is 116 Å². The molecule has 0 atom stereocenters. The lowest BCUT2D eigenvalue weighted by atomic mass is 10.1. The Bertz CT molecular complexity index is 1210. The molecule has 0 fully saturated rings. The molecule has 0 radical (unpaired) electrons. The van der Waals surface area contributed by atoms with Gasteiger partial charge in [0.15, 0.2) is 5.82 Å². The van der Waals surface area contributed by atoms with E-state index in [1.165, 1.54) is 6.20 Å². The van der Waals surface area contributed by atoms with Crippen LogP contribution in [-0.4, -0.2) is 28.1 Å². The molecule has 0 aliphatic heterocycles. The lowest BCUT2D eigenvalue weighted by molar-refractivity contribution is -0.115. The first-order chi connectivity index (χ1) is 15.0. The van der Waals surface area contributed by atoms with Gasteiger partial charge in [0, 0.05) is 16.8 Å². The number of halogens is 1. The highest BCUT2D eigenvalue weighted by molar-refractivity contribution is 6.30. The highest BCUT2D eigenvalue weighted by atomic mass is 35.5. The Balaban J connectivity index is 1.66. The number of amides is 1.